The fourth-order valence-electron chi connectivity index (χ4n) is 5.33. The lowest BCUT2D eigenvalue weighted by molar-refractivity contribution is -0.144. The second-order valence-corrected chi connectivity index (χ2v) is 7.47. The van der Waals surface area contributed by atoms with Gasteiger partial charge in [-0.05, 0) is 50.4 Å². The molecule has 0 N–H and O–H groups in total. The van der Waals surface area contributed by atoms with Crippen LogP contribution in [0.15, 0.2) is 0 Å². The fourth-order valence-corrected chi connectivity index (χ4v) is 5.33. The van der Waals surface area contributed by atoms with Crippen LogP contribution in [0.25, 0.3) is 0 Å². The summed E-state index contributed by atoms with van der Waals surface area (Å²) >= 11 is 0. The van der Waals surface area contributed by atoms with Crippen LogP contribution in [0.5, 0.6) is 0 Å². The van der Waals surface area contributed by atoms with Gasteiger partial charge in [-0.3, -0.25) is 4.79 Å². The minimum absolute atomic E-state index is 0.0980. The van der Waals surface area contributed by atoms with Crippen LogP contribution < -0.4 is 0 Å². The fraction of sp³-hybridized carbons (Fsp3) is 0.941. The Labute approximate surface area is 116 Å². The summed E-state index contributed by atoms with van der Waals surface area (Å²) in [5, 5.41) is 0. The van der Waals surface area contributed by atoms with Crippen molar-refractivity contribution in [2.24, 2.45) is 23.7 Å². The highest BCUT2D eigenvalue weighted by molar-refractivity contribution is 5.87. The predicted molar refractivity (Wildman–Crippen MR) is 73.8 cm³/mol. The van der Waals surface area contributed by atoms with E-state index in [1.54, 1.807) is 0 Å². The Morgan fingerprint density at radius 1 is 0.947 bits per heavy atom. The molecule has 0 aromatic rings. The van der Waals surface area contributed by atoms with E-state index >= 15 is 0 Å². The number of rotatable bonds is 2. The van der Waals surface area contributed by atoms with Crippen molar-refractivity contribution in [1.29, 1.82) is 0 Å². The Bertz CT molecular complexity index is 354. The summed E-state index contributed by atoms with van der Waals surface area (Å²) < 4.78 is 6.13. The summed E-state index contributed by atoms with van der Waals surface area (Å²) in [7, 11) is 0. The van der Waals surface area contributed by atoms with E-state index in [1.165, 1.54) is 51.4 Å². The van der Waals surface area contributed by atoms with E-state index in [2.05, 4.69) is 0 Å². The Morgan fingerprint density at radius 3 is 2.42 bits per heavy atom. The van der Waals surface area contributed by atoms with E-state index in [-0.39, 0.29) is 5.60 Å². The average molecular weight is 262 g/mol. The maximum atomic E-state index is 12.7. The molecule has 1 heterocycles. The van der Waals surface area contributed by atoms with Crippen molar-refractivity contribution in [3.05, 3.63) is 0 Å². The van der Waals surface area contributed by atoms with Gasteiger partial charge in [-0.25, -0.2) is 0 Å². The molecular formula is C17H26O2. The molecular weight excluding hydrogens is 236 g/mol. The molecule has 3 unspecified atom stereocenters. The van der Waals surface area contributed by atoms with Gasteiger partial charge in [-0.2, -0.15) is 0 Å². The van der Waals surface area contributed by atoms with Crippen molar-refractivity contribution in [1.82, 2.24) is 0 Å². The number of carbonyl (C=O) groups excluding carboxylic acids is 1. The Kier molecular flexibility index (Phi) is 2.98. The Hall–Kier alpha value is -0.370. The van der Waals surface area contributed by atoms with Crippen LogP contribution in [0.2, 0.25) is 0 Å². The highest BCUT2D eigenvalue weighted by Crippen LogP contribution is 2.59. The number of ketones is 1. The van der Waals surface area contributed by atoms with Crippen LogP contribution in [0.3, 0.4) is 0 Å². The largest absolute Gasteiger partial charge is 0.375 e. The van der Waals surface area contributed by atoms with E-state index in [4.69, 9.17) is 4.74 Å². The molecule has 0 aromatic carbocycles. The highest BCUT2D eigenvalue weighted by Gasteiger charge is 2.58. The number of hydrogen-bond acceptors (Lipinski definition) is 2. The molecule has 4 aliphatic rings. The lowest BCUT2D eigenvalue weighted by Crippen LogP contribution is -2.43. The quantitative estimate of drug-likeness (QED) is 0.758. The van der Waals surface area contributed by atoms with Crippen LogP contribution in [-0.2, 0) is 9.53 Å². The summed E-state index contributed by atoms with van der Waals surface area (Å²) in [5.41, 5.74) is 0.0980. The van der Waals surface area contributed by atoms with Crippen LogP contribution >= 0.6 is 0 Å². The SMILES string of the molecule is O=C(C1CCOC2(CCCCC2)C1)C1C2CCCC21. The minimum atomic E-state index is 0.0980. The van der Waals surface area contributed by atoms with E-state index in [9.17, 15) is 4.79 Å². The molecule has 0 amide bonds. The van der Waals surface area contributed by atoms with Gasteiger partial charge in [0.15, 0.2) is 0 Å². The number of carbonyl (C=O) groups is 1. The second-order valence-electron chi connectivity index (χ2n) is 7.47. The monoisotopic (exact) mass is 262 g/mol. The van der Waals surface area contributed by atoms with Gasteiger partial charge in [0.2, 0.25) is 0 Å². The number of Topliss-reactive ketones (excluding diaryl/α,β-unsaturated/α-hetero) is 1. The van der Waals surface area contributed by atoms with Crippen molar-refractivity contribution in [2.45, 2.75) is 69.8 Å². The normalized spacial score (nSPS) is 44.0. The molecule has 1 spiro atoms. The maximum absolute atomic E-state index is 12.7. The molecule has 2 heteroatoms. The van der Waals surface area contributed by atoms with Crippen LogP contribution in [0, 0.1) is 23.7 Å². The predicted octanol–water partition coefficient (Wildman–Crippen LogP) is 3.73. The van der Waals surface area contributed by atoms with Gasteiger partial charge in [0.05, 0.1) is 5.60 Å². The lowest BCUT2D eigenvalue weighted by atomic mass is 9.74. The van der Waals surface area contributed by atoms with Crippen LogP contribution in [0.4, 0.5) is 0 Å². The molecule has 19 heavy (non-hydrogen) atoms. The molecule has 0 radical (unpaired) electrons. The summed E-state index contributed by atoms with van der Waals surface area (Å²) in [6, 6.07) is 0. The van der Waals surface area contributed by atoms with Crippen molar-refractivity contribution in [3.8, 4) is 0 Å². The number of ether oxygens (including phenoxy) is 1. The smallest absolute Gasteiger partial charge is 0.139 e. The second kappa shape index (κ2) is 4.58. The zero-order chi connectivity index (χ0) is 12.9. The zero-order valence-corrected chi connectivity index (χ0v) is 11.9. The van der Waals surface area contributed by atoms with E-state index in [1.807, 2.05) is 0 Å². The van der Waals surface area contributed by atoms with Gasteiger partial charge in [0, 0.05) is 18.4 Å². The average Bonchev–Trinajstić information content (AvgIpc) is 2.91. The van der Waals surface area contributed by atoms with Gasteiger partial charge in [0.25, 0.3) is 0 Å². The highest BCUT2D eigenvalue weighted by atomic mass is 16.5. The Balaban J connectivity index is 1.42. The van der Waals surface area contributed by atoms with E-state index in [0.717, 1.165) is 31.3 Å². The summed E-state index contributed by atoms with van der Waals surface area (Å²) in [6.45, 7) is 0.832. The van der Waals surface area contributed by atoms with Crippen molar-refractivity contribution < 1.29 is 9.53 Å². The van der Waals surface area contributed by atoms with Crippen molar-refractivity contribution in [2.75, 3.05) is 6.61 Å². The maximum Gasteiger partial charge on any atom is 0.139 e. The first-order valence-electron chi connectivity index (χ1n) is 8.47. The summed E-state index contributed by atoms with van der Waals surface area (Å²) in [6.07, 6.45) is 12.4. The first kappa shape index (κ1) is 12.4. The van der Waals surface area contributed by atoms with Crippen molar-refractivity contribution in [3.63, 3.8) is 0 Å². The zero-order valence-electron chi connectivity index (χ0n) is 11.9. The Morgan fingerprint density at radius 2 is 1.68 bits per heavy atom. The lowest BCUT2D eigenvalue weighted by Gasteiger charge is -2.43. The molecule has 4 fully saturated rings. The van der Waals surface area contributed by atoms with Crippen LogP contribution in [-0.4, -0.2) is 18.0 Å². The molecule has 0 bridgehead atoms. The minimum Gasteiger partial charge on any atom is -0.375 e. The van der Waals surface area contributed by atoms with Crippen molar-refractivity contribution >= 4 is 5.78 Å². The topological polar surface area (TPSA) is 26.3 Å². The molecule has 0 aromatic heterocycles. The van der Waals surface area contributed by atoms with E-state index < -0.39 is 0 Å². The van der Waals surface area contributed by atoms with Gasteiger partial charge in [0.1, 0.15) is 5.78 Å². The summed E-state index contributed by atoms with van der Waals surface area (Å²) in [5.74, 6) is 3.01. The molecule has 1 aliphatic heterocycles. The molecule has 3 saturated carbocycles. The molecule has 3 aliphatic carbocycles. The number of fused-ring (bicyclic) bond motifs is 1. The summed E-state index contributed by atoms with van der Waals surface area (Å²) in [4.78, 5) is 12.7. The van der Waals surface area contributed by atoms with E-state index in [0.29, 0.717) is 17.6 Å². The molecule has 3 atom stereocenters. The third-order valence-electron chi connectivity index (χ3n) is 6.40. The van der Waals surface area contributed by atoms with Gasteiger partial charge in [-0.15, -0.1) is 0 Å². The van der Waals surface area contributed by atoms with Gasteiger partial charge in [-0.1, -0.05) is 25.7 Å². The van der Waals surface area contributed by atoms with Gasteiger partial charge < -0.3 is 4.74 Å². The first-order chi connectivity index (χ1) is 9.29. The third-order valence-corrected chi connectivity index (χ3v) is 6.40. The molecule has 106 valence electrons. The first-order valence-corrected chi connectivity index (χ1v) is 8.47. The third kappa shape index (κ3) is 2.07. The number of hydrogen-bond donors (Lipinski definition) is 0. The van der Waals surface area contributed by atoms with Gasteiger partial charge >= 0.3 is 0 Å². The molecule has 2 nitrogen and oxygen atoms in total. The standard InChI is InChI=1S/C17H26O2/c18-16(15-13-5-4-6-14(13)15)12-7-10-19-17(11-12)8-2-1-3-9-17/h12-15H,1-11H2. The molecule has 4 rings (SSSR count). The van der Waals surface area contributed by atoms with Crippen LogP contribution in [0.1, 0.15) is 64.2 Å². The molecule has 1 saturated heterocycles.